The largest absolute Gasteiger partial charge is 0.326 e. The quantitative estimate of drug-likeness (QED) is 0.675. The van der Waals surface area contributed by atoms with E-state index in [9.17, 15) is 4.79 Å². The van der Waals surface area contributed by atoms with Crippen molar-refractivity contribution in [3.63, 3.8) is 0 Å². The second-order valence-corrected chi connectivity index (χ2v) is 6.94. The Balaban J connectivity index is 1.44. The summed E-state index contributed by atoms with van der Waals surface area (Å²) in [5.41, 5.74) is 7.11. The molecule has 1 N–H and O–H groups in total. The zero-order chi connectivity index (χ0) is 17.8. The number of nitrogens with one attached hydrogen (secondary N) is 1. The van der Waals surface area contributed by atoms with Crippen LogP contribution in [0.5, 0.6) is 0 Å². The number of benzene rings is 3. The molecule has 4 rings (SSSR count). The van der Waals surface area contributed by atoms with Crippen molar-refractivity contribution in [2.24, 2.45) is 0 Å². The number of hydrogen-bond donors (Lipinski definition) is 1. The molecule has 2 nitrogen and oxygen atoms in total. The average Bonchev–Trinajstić information content (AvgIpc) is 2.69. The number of anilines is 1. The third kappa shape index (κ3) is 3.70. The van der Waals surface area contributed by atoms with E-state index in [0.717, 1.165) is 24.1 Å². The third-order valence-corrected chi connectivity index (χ3v) is 5.10. The van der Waals surface area contributed by atoms with Crippen LogP contribution in [0.1, 0.15) is 29.5 Å². The van der Waals surface area contributed by atoms with Crippen molar-refractivity contribution in [1.29, 1.82) is 0 Å². The summed E-state index contributed by atoms with van der Waals surface area (Å²) in [5, 5.41) is 3.13. The minimum absolute atomic E-state index is 0.0523. The molecule has 0 radical (unpaired) electrons. The molecule has 0 aromatic heterocycles. The number of carbonyl (C=O) groups is 1. The average molecular weight is 341 g/mol. The first-order chi connectivity index (χ1) is 12.8. The monoisotopic (exact) mass is 341 g/mol. The Morgan fingerprint density at radius 2 is 1.50 bits per heavy atom. The highest BCUT2D eigenvalue weighted by Gasteiger charge is 2.14. The van der Waals surface area contributed by atoms with Crippen molar-refractivity contribution in [1.82, 2.24) is 0 Å². The molecule has 1 amide bonds. The standard InChI is InChI=1S/C24H23NO/c26-24(25-23-12-6-10-21-9-4-5-11-22(21)23)17-18-13-15-20(16-14-18)19-7-2-1-3-8-19/h1-3,6-8,10,12-16H,4-5,9,11,17H2,(H,25,26). The maximum Gasteiger partial charge on any atom is 0.228 e. The topological polar surface area (TPSA) is 29.1 Å². The van der Waals surface area contributed by atoms with Gasteiger partial charge in [-0.15, -0.1) is 0 Å². The van der Waals surface area contributed by atoms with Crippen molar-refractivity contribution in [2.45, 2.75) is 32.1 Å². The van der Waals surface area contributed by atoms with Crippen molar-refractivity contribution in [3.8, 4) is 11.1 Å². The summed E-state index contributed by atoms with van der Waals surface area (Å²) < 4.78 is 0. The Morgan fingerprint density at radius 1 is 0.769 bits per heavy atom. The van der Waals surface area contributed by atoms with E-state index in [1.807, 2.05) is 36.4 Å². The van der Waals surface area contributed by atoms with Crippen LogP contribution in [0.2, 0.25) is 0 Å². The first-order valence-corrected chi connectivity index (χ1v) is 9.34. The van der Waals surface area contributed by atoms with Crippen LogP contribution in [0.3, 0.4) is 0 Å². The maximum atomic E-state index is 12.5. The van der Waals surface area contributed by atoms with E-state index in [1.165, 1.54) is 35.1 Å². The van der Waals surface area contributed by atoms with Gasteiger partial charge in [-0.3, -0.25) is 4.79 Å². The van der Waals surface area contributed by atoms with Crippen LogP contribution in [0.25, 0.3) is 11.1 Å². The molecule has 3 aromatic carbocycles. The van der Waals surface area contributed by atoms with E-state index in [4.69, 9.17) is 0 Å². The molecular formula is C24H23NO. The summed E-state index contributed by atoms with van der Waals surface area (Å²) in [6.07, 6.45) is 5.05. The zero-order valence-electron chi connectivity index (χ0n) is 14.9. The van der Waals surface area contributed by atoms with Gasteiger partial charge in [0.15, 0.2) is 0 Å². The first-order valence-electron chi connectivity index (χ1n) is 9.34. The van der Waals surface area contributed by atoms with E-state index >= 15 is 0 Å². The maximum absolute atomic E-state index is 12.5. The van der Waals surface area contributed by atoms with Gasteiger partial charge in [0, 0.05) is 5.69 Å². The minimum atomic E-state index is 0.0523. The fourth-order valence-electron chi connectivity index (χ4n) is 3.72. The van der Waals surface area contributed by atoms with E-state index in [-0.39, 0.29) is 5.91 Å². The molecule has 0 bridgehead atoms. The molecule has 2 heteroatoms. The smallest absolute Gasteiger partial charge is 0.228 e. The van der Waals surface area contributed by atoms with Crippen molar-refractivity contribution in [3.05, 3.63) is 89.5 Å². The molecule has 26 heavy (non-hydrogen) atoms. The van der Waals surface area contributed by atoms with E-state index in [0.29, 0.717) is 6.42 Å². The summed E-state index contributed by atoms with van der Waals surface area (Å²) in [4.78, 5) is 12.5. The molecular weight excluding hydrogens is 318 g/mol. The van der Waals surface area contributed by atoms with Gasteiger partial charge in [-0.25, -0.2) is 0 Å². The highest BCUT2D eigenvalue weighted by molar-refractivity contribution is 5.93. The van der Waals surface area contributed by atoms with Crippen LogP contribution in [0, 0.1) is 0 Å². The van der Waals surface area contributed by atoms with Gasteiger partial charge in [0.25, 0.3) is 0 Å². The number of aryl methyl sites for hydroxylation is 1. The Kier molecular flexibility index (Phi) is 4.83. The molecule has 0 saturated carbocycles. The number of hydrogen-bond acceptors (Lipinski definition) is 1. The third-order valence-electron chi connectivity index (χ3n) is 5.10. The van der Waals surface area contributed by atoms with E-state index in [1.54, 1.807) is 0 Å². The van der Waals surface area contributed by atoms with Gasteiger partial charge in [0.05, 0.1) is 6.42 Å². The SMILES string of the molecule is O=C(Cc1ccc(-c2ccccc2)cc1)Nc1cccc2c1CCCC2. The second kappa shape index (κ2) is 7.57. The lowest BCUT2D eigenvalue weighted by atomic mass is 9.90. The number of rotatable bonds is 4. The fourth-order valence-corrected chi connectivity index (χ4v) is 3.72. The minimum Gasteiger partial charge on any atom is -0.326 e. The lowest BCUT2D eigenvalue weighted by Crippen LogP contribution is -2.17. The summed E-state index contributed by atoms with van der Waals surface area (Å²) in [5.74, 6) is 0.0523. The van der Waals surface area contributed by atoms with Crippen LogP contribution in [0.15, 0.2) is 72.8 Å². The Bertz CT molecular complexity index is 897. The van der Waals surface area contributed by atoms with Crippen LogP contribution < -0.4 is 5.32 Å². The number of fused-ring (bicyclic) bond motifs is 1. The van der Waals surface area contributed by atoms with Gasteiger partial charge in [-0.1, -0.05) is 66.7 Å². The van der Waals surface area contributed by atoms with E-state index in [2.05, 4.69) is 41.7 Å². The van der Waals surface area contributed by atoms with Crippen molar-refractivity contribution < 1.29 is 4.79 Å². The molecule has 0 saturated heterocycles. The summed E-state index contributed by atoms with van der Waals surface area (Å²) in [6, 6.07) is 24.8. The van der Waals surface area contributed by atoms with Crippen LogP contribution >= 0.6 is 0 Å². The molecule has 130 valence electrons. The Morgan fingerprint density at radius 3 is 2.31 bits per heavy atom. The molecule has 3 aromatic rings. The molecule has 0 heterocycles. The van der Waals surface area contributed by atoms with E-state index < -0.39 is 0 Å². The Hall–Kier alpha value is -2.87. The summed E-state index contributed by atoms with van der Waals surface area (Å²) in [6.45, 7) is 0. The van der Waals surface area contributed by atoms with Crippen LogP contribution in [0.4, 0.5) is 5.69 Å². The number of amides is 1. The lowest BCUT2D eigenvalue weighted by Gasteiger charge is -2.19. The fraction of sp³-hybridized carbons (Fsp3) is 0.208. The molecule has 0 fully saturated rings. The molecule has 0 spiro atoms. The van der Waals surface area contributed by atoms with Crippen LogP contribution in [-0.2, 0) is 24.1 Å². The van der Waals surface area contributed by atoms with Crippen LogP contribution in [-0.4, -0.2) is 5.91 Å². The normalized spacial score (nSPS) is 13.1. The predicted molar refractivity (Wildman–Crippen MR) is 107 cm³/mol. The molecule has 1 aliphatic carbocycles. The highest BCUT2D eigenvalue weighted by atomic mass is 16.1. The van der Waals surface area contributed by atoms with Gasteiger partial charge in [0.1, 0.15) is 0 Å². The molecule has 0 aliphatic heterocycles. The highest BCUT2D eigenvalue weighted by Crippen LogP contribution is 2.28. The predicted octanol–water partition coefficient (Wildman–Crippen LogP) is 5.41. The van der Waals surface area contributed by atoms with Crippen molar-refractivity contribution >= 4 is 11.6 Å². The van der Waals surface area contributed by atoms with Gasteiger partial charge in [0.2, 0.25) is 5.91 Å². The molecule has 1 aliphatic rings. The Labute approximate surface area is 154 Å². The van der Waals surface area contributed by atoms with Gasteiger partial charge in [-0.2, -0.15) is 0 Å². The van der Waals surface area contributed by atoms with Gasteiger partial charge < -0.3 is 5.32 Å². The van der Waals surface area contributed by atoms with Crippen molar-refractivity contribution in [2.75, 3.05) is 5.32 Å². The van der Waals surface area contributed by atoms with Gasteiger partial charge in [-0.05, 0) is 59.6 Å². The number of carbonyl (C=O) groups excluding carboxylic acids is 1. The molecule has 0 unspecified atom stereocenters. The summed E-state index contributed by atoms with van der Waals surface area (Å²) >= 11 is 0. The second-order valence-electron chi connectivity index (χ2n) is 6.94. The zero-order valence-corrected chi connectivity index (χ0v) is 14.9. The molecule has 0 atom stereocenters. The lowest BCUT2D eigenvalue weighted by molar-refractivity contribution is -0.115. The summed E-state index contributed by atoms with van der Waals surface area (Å²) in [7, 11) is 0. The first kappa shape index (κ1) is 16.6. The van der Waals surface area contributed by atoms with Gasteiger partial charge >= 0.3 is 0 Å².